The van der Waals surface area contributed by atoms with Crippen LogP contribution in [0.2, 0.25) is 0 Å². The van der Waals surface area contributed by atoms with E-state index in [1.807, 2.05) is 0 Å². The van der Waals surface area contributed by atoms with Gasteiger partial charge in [0.25, 0.3) is 0 Å². The second kappa shape index (κ2) is 8.28. The van der Waals surface area contributed by atoms with Crippen molar-refractivity contribution in [3.05, 3.63) is 35.9 Å². The zero-order valence-corrected chi connectivity index (χ0v) is 12.1. The van der Waals surface area contributed by atoms with Crippen LogP contribution in [0.5, 0.6) is 0 Å². The first-order chi connectivity index (χ1) is 8.69. The highest BCUT2D eigenvalue weighted by molar-refractivity contribution is 5.14. The van der Waals surface area contributed by atoms with E-state index in [0.717, 1.165) is 25.8 Å². The van der Waals surface area contributed by atoms with E-state index in [2.05, 4.69) is 56.1 Å². The van der Waals surface area contributed by atoms with E-state index in [-0.39, 0.29) is 0 Å². The molecule has 0 spiro atoms. The van der Waals surface area contributed by atoms with Gasteiger partial charge in [0.15, 0.2) is 0 Å². The fraction of sp³-hybridized carbons (Fsp3) is 0.625. The van der Waals surface area contributed by atoms with Crippen LogP contribution in [0.3, 0.4) is 0 Å². The van der Waals surface area contributed by atoms with Crippen molar-refractivity contribution < 1.29 is 0 Å². The van der Waals surface area contributed by atoms with Gasteiger partial charge in [-0.05, 0) is 31.9 Å². The molecule has 1 aromatic carbocycles. The van der Waals surface area contributed by atoms with Crippen LogP contribution in [0, 0.1) is 0 Å². The number of benzene rings is 1. The number of nitrogens with zero attached hydrogens (tertiary/aromatic N) is 1. The highest BCUT2D eigenvalue weighted by Gasteiger charge is 2.19. The van der Waals surface area contributed by atoms with Crippen molar-refractivity contribution in [2.75, 3.05) is 13.6 Å². The van der Waals surface area contributed by atoms with Gasteiger partial charge in [-0.2, -0.15) is 0 Å². The lowest BCUT2D eigenvalue weighted by Crippen LogP contribution is -2.46. The van der Waals surface area contributed by atoms with Gasteiger partial charge in [0, 0.05) is 18.6 Å². The summed E-state index contributed by atoms with van der Waals surface area (Å²) in [6, 6.07) is 11.5. The van der Waals surface area contributed by atoms with Gasteiger partial charge in [-0.25, -0.2) is 0 Å². The predicted octanol–water partition coefficient (Wildman–Crippen LogP) is 3.07. The van der Waals surface area contributed by atoms with Gasteiger partial charge in [-0.15, -0.1) is 0 Å². The van der Waals surface area contributed by atoms with E-state index in [4.69, 9.17) is 5.73 Å². The Morgan fingerprint density at radius 1 is 1.17 bits per heavy atom. The molecule has 0 aromatic heterocycles. The summed E-state index contributed by atoms with van der Waals surface area (Å²) >= 11 is 0. The van der Waals surface area contributed by atoms with Crippen LogP contribution in [-0.4, -0.2) is 30.6 Å². The summed E-state index contributed by atoms with van der Waals surface area (Å²) in [6.07, 6.45) is 4.53. The molecule has 0 aliphatic rings. The van der Waals surface area contributed by atoms with Gasteiger partial charge in [-0.1, -0.05) is 50.6 Å². The lowest BCUT2D eigenvalue weighted by atomic mass is 10.00. The average molecular weight is 248 g/mol. The second-order valence-electron chi connectivity index (χ2n) is 5.14. The Bertz CT molecular complexity index is 310. The molecule has 0 aliphatic carbocycles. The van der Waals surface area contributed by atoms with Crippen molar-refractivity contribution in [3.8, 4) is 0 Å². The molecule has 0 bridgehead atoms. The minimum Gasteiger partial charge on any atom is -0.326 e. The minimum absolute atomic E-state index is 0.306. The van der Waals surface area contributed by atoms with Crippen molar-refractivity contribution in [3.63, 3.8) is 0 Å². The molecule has 1 aromatic rings. The second-order valence-corrected chi connectivity index (χ2v) is 5.14. The number of hydrogen-bond donors (Lipinski definition) is 1. The Hall–Kier alpha value is -0.860. The molecule has 0 aliphatic heterocycles. The molecule has 0 radical (unpaired) electrons. The van der Waals surface area contributed by atoms with E-state index in [0.29, 0.717) is 12.1 Å². The summed E-state index contributed by atoms with van der Waals surface area (Å²) in [6.45, 7) is 5.52. The standard InChI is InChI=1S/C16H28N2/c1-4-9-15(17)16(5-2)18(3)13-12-14-10-7-6-8-11-14/h6-8,10-11,15-16H,4-5,9,12-13,17H2,1-3H3. The molecule has 2 atom stereocenters. The van der Waals surface area contributed by atoms with E-state index in [1.165, 1.54) is 12.0 Å². The molecule has 2 heteroatoms. The molecule has 0 saturated heterocycles. The maximum Gasteiger partial charge on any atom is 0.0241 e. The summed E-state index contributed by atoms with van der Waals surface area (Å²) < 4.78 is 0. The molecule has 2 nitrogen and oxygen atoms in total. The van der Waals surface area contributed by atoms with Crippen LogP contribution in [0.1, 0.15) is 38.7 Å². The Morgan fingerprint density at radius 3 is 2.39 bits per heavy atom. The third-order valence-electron chi connectivity index (χ3n) is 3.70. The summed E-state index contributed by atoms with van der Waals surface area (Å²) in [5, 5.41) is 0. The third-order valence-corrected chi connectivity index (χ3v) is 3.70. The molecule has 0 amide bonds. The van der Waals surface area contributed by atoms with Gasteiger partial charge in [-0.3, -0.25) is 0 Å². The summed E-state index contributed by atoms with van der Waals surface area (Å²) in [4.78, 5) is 2.42. The zero-order chi connectivity index (χ0) is 13.4. The molecule has 0 fully saturated rings. The third kappa shape index (κ3) is 4.79. The highest BCUT2D eigenvalue weighted by atomic mass is 15.1. The van der Waals surface area contributed by atoms with Gasteiger partial charge in [0.2, 0.25) is 0 Å². The highest BCUT2D eigenvalue weighted by Crippen LogP contribution is 2.11. The lowest BCUT2D eigenvalue weighted by Gasteiger charge is -2.32. The van der Waals surface area contributed by atoms with E-state index < -0.39 is 0 Å². The summed E-state index contributed by atoms with van der Waals surface area (Å²) in [5.74, 6) is 0. The average Bonchev–Trinajstić information content (AvgIpc) is 2.39. The summed E-state index contributed by atoms with van der Waals surface area (Å²) in [7, 11) is 2.20. The van der Waals surface area contributed by atoms with Crippen LogP contribution in [0.25, 0.3) is 0 Å². The Kier molecular flexibility index (Phi) is 6.99. The molecular weight excluding hydrogens is 220 g/mol. The van der Waals surface area contributed by atoms with Crippen molar-refractivity contribution >= 4 is 0 Å². The van der Waals surface area contributed by atoms with E-state index in [9.17, 15) is 0 Å². The fourth-order valence-corrected chi connectivity index (χ4v) is 2.58. The van der Waals surface area contributed by atoms with Gasteiger partial charge < -0.3 is 10.6 Å². The molecule has 2 N–H and O–H groups in total. The van der Waals surface area contributed by atoms with Crippen molar-refractivity contribution in [2.24, 2.45) is 5.73 Å². The maximum atomic E-state index is 6.27. The molecular formula is C16H28N2. The van der Waals surface area contributed by atoms with Crippen LogP contribution >= 0.6 is 0 Å². The van der Waals surface area contributed by atoms with E-state index in [1.54, 1.807) is 0 Å². The fourth-order valence-electron chi connectivity index (χ4n) is 2.58. The summed E-state index contributed by atoms with van der Waals surface area (Å²) in [5.41, 5.74) is 7.67. The maximum absolute atomic E-state index is 6.27. The van der Waals surface area contributed by atoms with E-state index >= 15 is 0 Å². The van der Waals surface area contributed by atoms with Crippen LogP contribution in [-0.2, 0) is 6.42 Å². The quantitative estimate of drug-likeness (QED) is 0.766. The lowest BCUT2D eigenvalue weighted by molar-refractivity contribution is 0.201. The Morgan fingerprint density at radius 2 is 1.83 bits per heavy atom. The first-order valence-electron chi connectivity index (χ1n) is 7.18. The number of rotatable bonds is 8. The van der Waals surface area contributed by atoms with Crippen LogP contribution < -0.4 is 5.73 Å². The van der Waals surface area contributed by atoms with Gasteiger partial charge in [0.1, 0.15) is 0 Å². The first kappa shape index (κ1) is 15.2. The van der Waals surface area contributed by atoms with Crippen molar-refractivity contribution in [1.82, 2.24) is 4.90 Å². The molecule has 1 rings (SSSR count). The molecule has 18 heavy (non-hydrogen) atoms. The topological polar surface area (TPSA) is 29.3 Å². The van der Waals surface area contributed by atoms with Gasteiger partial charge in [0.05, 0.1) is 0 Å². The van der Waals surface area contributed by atoms with Crippen LogP contribution in [0.15, 0.2) is 30.3 Å². The number of nitrogens with two attached hydrogens (primary N) is 1. The number of hydrogen-bond acceptors (Lipinski definition) is 2. The molecule has 2 unspecified atom stereocenters. The molecule has 102 valence electrons. The monoisotopic (exact) mass is 248 g/mol. The predicted molar refractivity (Wildman–Crippen MR) is 79.7 cm³/mol. The Balaban J connectivity index is 2.44. The SMILES string of the molecule is CCCC(N)C(CC)N(C)CCc1ccccc1. The van der Waals surface area contributed by atoms with Gasteiger partial charge >= 0.3 is 0 Å². The van der Waals surface area contributed by atoms with Crippen molar-refractivity contribution in [2.45, 2.75) is 51.6 Å². The van der Waals surface area contributed by atoms with Crippen molar-refractivity contribution in [1.29, 1.82) is 0 Å². The Labute approximate surface area is 112 Å². The molecule has 0 heterocycles. The largest absolute Gasteiger partial charge is 0.326 e. The zero-order valence-electron chi connectivity index (χ0n) is 12.1. The smallest absolute Gasteiger partial charge is 0.0241 e. The normalized spacial score (nSPS) is 14.7. The molecule has 0 saturated carbocycles. The first-order valence-corrected chi connectivity index (χ1v) is 7.18. The van der Waals surface area contributed by atoms with Crippen LogP contribution in [0.4, 0.5) is 0 Å². The minimum atomic E-state index is 0.306. The number of likely N-dealkylation sites (N-methyl/N-ethyl adjacent to an activating group) is 1.